The number of allylic oxidation sites excluding steroid dienone is 6. The second kappa shape index (κ2) is 7.85. The van der Waals surface area contributed by atoms with Crippen molar-refractivity contribution in [2.75, 3.05) is 0 Å². The maximum atomic E-state index is 2.31. The highest BCUT2D eigenvalue weighted by molar-refractivity contribution is 5.14. The molecule has 0 aromatic carbocycles. The normalized spacial score (nSPS) is 14.2. The molecule has 0 unspecified atom stereocenters. The van der Waals surface area contributed by atoms with Gasteiger partial charge in [-0.3, -0.25) is 0 Å². The van der Waals surface area contributed by atoms with Gasteiger partial charge in [0.15, 0.2) is 0 Å². The van der Waals surface area contributed by atoms with Crippen LogP contribution in [-0.2, 0) is 0 Å². The molecule has 0 bridgehead atoms. The Labute approximate surface area is 83.0 Å². The van der Waals surface area contributed by atoms with Gasteiger partial charge in [-0.1, -0.05) is 35.5 Å². The first kappa shape index (κ1) is 12.2. The van der Waals surface area contributed by atoms with Crippen LogP contribution in [-0.4, -0.2) is 0 Å². The Morgan fingerprint density at radius 2 is 1.85 bits per heavy atom. The van der Waals surface area contributed by atoms with Gasteiger partial charge in [-0.2, -0.15) is 0 Å². The Morgan fingerprint density at radius 1 is 1.15 bits per heavy atom. The molecular weight excluding hydrogens is 156 g/mol. The van der Waals surface area contributed by atoms with Gasteiger partial charge in [-0.25, -0.2) is 0 Å². The molecule has 0 saturated carbocycles. The van der Waals surface area contributed by atoms with Crippen LogP contribution in [0.4, 0.5) is 0 Å². The highest BCUT2D eigenvalue weighted by atomic mass is 13.9. The molecular formula is C13H22. The van der Waals surface area contributed by atoms with Crippen LogP contribution in [0, 0.1) is 0 Å². The van der Waals surface area contributed by atoms with Crippen molar-refractivity contribution in [3.05, 3.63) is 35.5 Å². The molecule has 0 radical (unpaired) electrons. The van der Waals surface area contributed by atoms with Crippen molar-refractivity contribution in [1.29, 1.82) is 0 Å². The second-order valence-electron chi connectivity index (χ2n) is 3.48. The molecule has 0 nitrogen and oxygen atoms in total. The van der Waals surface area contributed by atoms with Crippen LogP contribution >= 0.6 is 0 Å². The van der Waals surface area contributed by atoms with E-state index in [-0.39, 0.29) is 0 Å². The van der Waals surface area contributed by atoms with E-state index in [1.54, 1.807) is 0 Å². The summed E-state index contributed by atoms with van der Waals surface area (Å²) in [6.07, 6.45) is 12.4. The molecule has 0 aliphatic rings. The fraction of sp³-hybridized carbons (Fsp3) is 0.538. The molecule has 0 aliphatic carbocycles. The van der Waals surface area contributed by atoms with Gasteiger partial charge in [0.25, 0.3) is 0 Å². The fourth-order valence-electron chi connectivity index (χ4n) is 1.19. The number of hydrogen-bond acceptors (Lipinski definition) is 0. The Balaban J connectivity index is 3.61. The van der Waals surface area contributed by atoms with Crippen LogP contribution in [0.5, 0.6) is 0 Å². The van der Waals surface area contributed by atoms with Gasteiger partial charge >= 0.3 is 0 Å². The summed E-state index contributed by atoms with van der Waals surface area (Å²) in [4.78, 5) is 0. The molecule has 0 atom stereocenters. The lowest BCUT2D eigenvalue weighted by Crippen LogP contribution is -1.77. The van der Waals surface area contributed by atoms with Gasteiger partial charge in [0.1, 0.15) is 0 Å². The first-order valence-corrected chi connectivity index (χ1v) is 5.12. The molecule has 0 amide bonds. The van der Waals surface area contributed by atoms with E-state index in [9.17, 15) is 0 Å². The lowest BCUT2D eigenvalue weighted by molar-refractivity contribution is 0.828. The summed E-state index contributed by atoms with van der Waals surface area (Å²) in [6, 6.07) is 0. The summed E-state index contributed by atoms with van der Waals surface area (Å²) < 4.78 is 0. The molecule has 0 fully saturated rings. The van der Waals surface area contributed by atoms with E-state index in [0.29, 0.717) is 0 Å². The molecule has 13 heavy (non-hydrogen) atoms. The smallest absolute Gasteiger partial charge is 0.0320 e. The van der Waals surface area contributed by atoms with Crippen LogP contribution in [0.3, 0.4) is 0 Å². The standard InChI is InChI=1S/C13H22/c1-5-9-13(4)11-8-7-10-12(3)6-2/h5-6,9,11H,7-8,10H2,1-4H3. The van der Waals surface area contributed by atoms with Crippen molar-refractivity contribution in [3.8, 4) is 0 Å². The van der Waals surface area contributed by atoms with Crippen LogP contribution in [0.15, 0.2) is 35.5 Å². The quantitative estimate of drug-likeness (QED) is 0.327. The van der Waals surface area contributed by atoms with Gasteiger partial charge in [0.2, 0.25) is 0 Å². The van der Waals surface area contributed by atoms with Crippen molar-refractivity contribution >= 4 is 0 Å². The first-order chi connectivity index (χ1) is 6.20. The predicted octanol–water partition coefficient (Wildman–Crippen LogP) is 4.65. The Kier molecular flexibility index (Phi) is 7.38. The maximum Gasteiger partial charge on any atom is -0.0320 e. The molecule has 0 aromatic heterocycles. The summed E-state index contributed by atoms with van der Waals surface area (Å²) in [5.41, 5.74) is 2.87. The first-order valence-electron chi connectivity index (χ1n) is 5.12. The highest BCUT2D eigenvalue weighted by Crippen LogP contribution is 2.08. The van der Waals surface area contributed by atoms with Crippen molar-refractivity contribution < 1.29 is 0 Å². The van der Waals surface area contributed by atoms with E-state index < -0.39 is 0 Å². The van der Waals surface area contributed by atoms with Gasteiger partial charge < -0.3 is 0 Å². The van der Waals surface area contributed by atoms with Crippen molar-refractivity contribution in [3.63, 3.8) is 0 Å². The van der Waals surface area contributed by atoms with E-state index in [1.165, 1.54) is 30.4 Å². The van der Waals surface area contributed by atoms with Gasteiger partial charge in [-0.15, -0.1) is 0 Å². The minimum atomic E-state index is 1.20. The average Bonchev–Trinajstić information content (AvgIpc) is 2.12. The van der Waals surface area contributed by atoms with E-state index in [2.05, 4.69) is 52.0 Å². The molecule has 0 spiro atoms. The van der Waals surface area contributed by atoms with E-state index in [4.69, 9.17) is 0 Å². The zero-order chi connectivity index (χ0) is 10.1. The lowest BCUT2D eigenvalue weighted by Gasteiger charge is -1.97. The Hall–Kier alpha value is -0.780. The monoisotopic (exact) mass is 178 g/mol. The second-order valence-corrected chi connectivity index (χ2v) is 3.48. The highest BCUT2D eigenvalue weighted by Gasteiger charge is 1.88. The Bertz CT molecular complexity index is 204. The maximum absolute atomic E-state index is 2.31. The van der Waals surface area contributed by atoms with Crippen LogP contribution < -0.4 is 0 Å². The minimum absolute atomic E-state index is 1.20. The molecule has 0 heterocycles. The molecule has 0 N–H and O–H groups in total. The summed E-state index contributed by atoms with van der Waals surface area (Å²) in [6.45, 7) is 8.52. The summed E-state index contributed by atoms with van der Waals surface area (Å²) in [7, 11) is 0. The third kappa shape index (κ3) is 7.58. The molecule has 0 aromatic rings. The molecule has 0 saturated heterocycles. The number of hydrogen-bond donors (Lipinski definition) is 0. The average molecular weight is 178 g/mol. The molecule has 74 valence electrons. The Morgan fingerprint density at radius 3 is 2.38 bits per heavy atom. The third-order valence-electron chi connectivity index (χ3n) is 2.16. The SMILES string of the molecule is CC=CC(C)=CCCCC(C)=CC. The van der Waals surface area contributed by atoms with Crippen LogP contribution in [0.1, 0.15) is 47.0 Å². The fourth-order valence-corrected chi connectivity index (χ4v) is 1.19. The molecule has 0 rings (SSSR count). The summed E-state index contributed by atoms with van der Waals surface area (Å²) in [5, 5.41) is 0. The predicted molar refractivity (Wildman–Crippen MR) is 61.9 cm³/mol. The third-order valence-corrected chi connectivity index (χ3v) is 2.16. The van der Waals surface area contributed by atoms with Gasteiger partial charge in [-0.05, 0) is 47.0 Å². The van der Waals surface area contributed by atoms with Crippen LogP contribution in [0.25, 0.3) is 0 Å². The van der Waals surface area contributed by atoms with Crippen LogP contribution in [0.2, 0.25) is 0 Å². The zero-order valence-electron chi connectivity index (χ0n) is 9.43. The van der Waals surface area contributed by atoms with Crippen molar-refractivity contribution in [2.24, 2.45) is 0 Å². The zero-order valence-corrected chi connectivity index (χ0v) is 9.43. The largest absolute Gasteiger partial charge is 0.0887 e. The molecule has 0 heteroatoms. The van der Waals surface area contributed by atoms with Gasteiger partial charge in [0.05, 0.1) is 0 Å². The van der Waals surface area contributed by atoms with E-state index >= 15 is 0 Å². The van der Waals surface area contributed by atoms with E-state index in [1.807, 2.05) is 0 Å². The van der Waals surface area contributed by atoms with E-state index in [0.717, 1.165) is 0 Å². The minimum Gasteiger partial charge on any atom is -0.0887 e. The van der Waals surface area contributed by atoms with Crippen molar-refractivity contribution in [2.45, 2.75) is 47.0 Å². The summed E-state index contributed by atoms with van der Waals surface area (Å²) in [5.74, 6) is 0. The number of rotatable bonds is 5. The van der Waals surface area contributed by atoms with Gasteiger partial charge in [0, 0.05) is 0 Å². The summed E-state index contributed by atoms with van der Waals surface area (Å²) >= 11 is 0. The van der Waals surface area contributed by atoms with Crippen molar-refractivity contribution in [1.82, 2.24) is 0 Å². The molecule has 0 aliphatic heterocycles. The number of unbranched alkanes of at least 4 members (excludes halogenated alkanes) is 1. The topological polar surface area (TPSA) is 0 Å². The lowest BCUT2D eigenvalue weighted by atomic mass is 10.1.